The minimum absolute atomic E-state index is 0.0866. The van der Waals surface area contributed by atoms with E-state index in [4.69, 9.17) is 12.2 Å². The number of carbonyl (C=O) groups excluding carboxylic acids is 1. The number of nitriles is 1. The van der Waals surface area contributed by atoms with Gasteiger partial charge in [-0.15, -0.1) is 0 Å². The van der Waals surface area contributed by atoms with Crippen molar-refractivity contribution in [2.45, 2.75) is 59.4 Å². The van der Waals surface area contributed by atoms with Crippen molar-refractivity contribution in [3.63, 3.8) is 0 Å². The highest BCUT2D eigenvalue weighted by atomic mass is 32.2. The monoisotopic (exact) mass is 581 g/mol. The summed E-state index contributed by atoms with van der Waals surface area (Å²) in [4.78, 5) is 33.2. The molecule has 2 saturated heterocycles. The molecule has 4 rings (SSSR count). The summed E-state index contributed by atoms with van der Waals surface area (Å²) in [5, 5.41) is 9.90. The zero-order valence-corrected chi connectivity index (χ0v) is 25.0. The smallest absolute Gasteiger partial charge is 0.270 e. The summed E-state index contributed by atoms with van der Waals surface area (Å²) in [6.45, 7) is 9.19. The molecule has 0 N–H and O–H groups in total. The Balaban J connectivity index is 1.72. The van der Waals surface area contributed by atoms with Gasteiger partial charge in [0.05, 0.1) is 10.6 Å². The molecule has 1 aromatic carbocycles. The number of piperazine rings is 1. The predicted molar refractivity (Wildman–Crippen MR) is 165 cm³/mol. The van der Waals surface area contributed by atoms with Crippen LogP contribution in [-0.2, 0) is 11.3 Å². The van der Waals surface area contributed by atoms with Crippen molar-refractivity contribution in [1.29, 1.82) is 5.26 Å². The fourth-order valence-electron chi connectivity index (χ4n) is 5.30. The quantitative estimate of drug-likeness (QED) is 0.203. The number of nitrogens with zero attached hydrogens (tertiary/aromatic N) is 5. The molecule has 0 bridgehead atoms. The van der Waals surface area contributed by atoms with Gasteiger partial charge >= 0.3 is 0 Å². The van der Waals surface area contributed by atoms with Gasteiger partial charge in [-0.05, 0) is 43.5 Å². The summed E-state index contributed by atoms with van der Waals surface area (Å²) in [6.07, 6.45) is 6.68. The van der Waals surface area contributed by atoms with Gasteiger partial charge in [-0.3, -0.25) is 19.1 Å². The second-order valence-corrected chi connectivity index (χ2v) is 11.8. The first-order chi connectivity index (χ1) is 19.3. The molecule has 0 saturated carbocycles. The van der Waals surface area contributed by atoms with E-state index >= 15 is 0 Å². The van der Waals surface area contributed by atoms with Crippen molar-refractivity contribution in [3.8, 4) is 6.07 Å². The number of aromatic nitrogens is 1. The van der Waals surface area contributed by atoms with Crippen LogP contribution >= 0.6 is 24.0 Å². The number of thioether (sulfide) groups is 1. The van der Waals surface area contributed by atoms with E-state index in [0.29, 0.717) is 77.5 Å². The van der Waals surface area contributed by atoms with Crippen LogP contribution in [0.5, 0.6) is 0 Å². The minimum atomic E-state index is -0.325. The lowest BCUT2D eigenvalue weighted by Crippen LogP contribution is -2.49. The number of unbranched alkanes of at least 4 members (excludes halogenated alkanes) is 3. The van der Waals surface area contributed by atoms with Crippen LogP contribution in [0.1, 0.15) is 62.6 Å². The number of rotatable bonds is 10. The molecule has 0 unspecified atom stereocenters. The molecule has 0 atom stereocenters. The van der Waals surface area contributed by atoms with Gasteiger partial charge in [0, 0.05) is 44.8 Å². The molecule has 7 nitrogen and oxygen atoms in total. The third-order valence-corrected chi connectivity index (χ3v) is 8.83. The van der Waals surface area contributed by atoms with Crippen LogP contribution in [0.15, 0.2) is 34.0 Å². The van der Waals surface area contributed by atoms with Gasteiger partial charge in [0.25, 0.3) is 11.5 Å². The first-order valence-electron chi connectivity index (χ1n) is 14.0. The van der Waals surface area contributed by atoms with Crippen molar-refractivity contribution in [2.24, 2.45) is 0 Å². The number of pyridine rings is 1. The zero-order chi connectivity index (χ0) is 28.8. The molecule has 1 aromatic heterocycles. The van der Waals surface area contributed by atoms with E-state index in [1.54, 1.807) is 28.5 Å². The number of para-hydroxylation sites is 1. The van der Waals surface area contributed by atoms with E-state index in [9.17, 15) is 19.2 Å². The van der Waals surface area contributed by atoms with Crippen LogP contribution in [-0.4, -0.2) is 52.4 Å². The fourth-order valence-corrected chi connectivity index (χ4v) is 6.59. The van der Waals surface area contributed by atoms with Crippen LogP contribution in [0.3, 0.4) is 0 Å². The molecule has 2 aliphatic heterocycles. The van der Waals surface area contributed by atoms with Crippen molar-refractivity contribution < 1.29 is 9.18 Å². The highest BCUT2D eigenvalue weighted by Crippen LogP contribution is 2.36. The van der Waals surface area contributed by atoms with Crippen LogP contribution in [0.4, 0.5) is 15.9 Å². The molecular weight excluding hydrogens is 545 g/mol. The molecule has 0 radical (unpaired) electrons. The summed E-state index contributed by atoms with van der Waals surface area (Å²) in [5.41, 5.74) is 1.57. The summed E-state index contributed by atoms with van der Waals surface area (Å²) < 4.78 is 16.7. The minimum Gasteiger partial charge on any atom is -0.366 e. The van der Waals surface area contributed by atoms with E-state index < -0.39 is 0 Å². The first kappa shape index (κ1) is 29.8. The van der Waals surface area contributed by atoms with Gasteiger partial charge in [-0.1, -0.05) is 69.2 Å². The van der Waals surface area contributed by atoms with Crippen molar-refractivity contribution >= 4 is 51.8 Å². The van der Waals surface area contributed by atoms with Crippen molar-refractivity contribution in [1.82, 2.24) is 9.47 Å². The summed E-state index contributed by atoms with van der Waals surface area (Å²) in [7, 11) is 0. The van der Waals surface area contributed by atoms with Gasteiger partial charge in [0.2, 0.25) is 0 Å². The molecule has 212 valence electrons. The van der Waals surface area contributed by atoms with Crippen LogP contribution in [0, 0.1) is 24.1 Å². The number of benzene rings is 1. The third kappa shape index (κ3) is 6.11. The number of halogens is 1. The number of hydrogen-bond donors (Lipinski definition) is 0. The van der Waals surface area contributed by atoms with Crippen LogP contribution < -0.4 is 15.4 Å². The maximum atomic E-state index is 14.5. The highest BCUT2D eigenvalue weighted by molar-refractivity contribution is 8.26. The van der Waals surface area contributed by atoms with Gasteiger partial charge in [-0.2, -0.15) is 5.26 Å². The van der Waals surface area contributed by atoms with Crippen molar-refractivity contribution in [2.75, 3.05) is 42.5 Å². The molecule has 3 heterocycles. The molecule has 2 aliphatic rings. The second kappa shape index (κ2) is 13.5. The number of carbonyl (C=O) groups is 1. The molecule has 2 aromatic rings. The van der Waals surface area contributed by atoms with Gasteiger partial charge in [0.15, 0.2) is 0 Å². The molecule has 10 heteroatoms. The normalized spacial score (nSPS) is 16.8. The highest BCUT2D eigenvalue weighted by Gasteiger charge is 2.33. The number of thiocarbonyl (C=S) groups is 1. The third-order valence-electron chi connectivity index (χ3n) is 7.45. The second-order valence-electron chi connectivity index (χ2n) is 10.1. The van der Waals surface area contributed by atoms with E-state index in [-0.39, 0.29) is 22.8 Å². The topological polar surface area (TPSA) is 72.6 Å². The van der Waals surface area contributed by atoms with Crippen molar-refractivity contribution in [3.05, 3.63) is 62.0 Å². The van der Waals surface area contributed by atoms with E-state index in [1.165, 1.54) is 17.8 Å². The standard InChI is InChI=1S/C30H36FN5O2S2/c1-4-6-7-10-14-36-29(38)26(40-30(36)39)19-22-21(3)23(20-32)28(37)35(13-5-2)27(22)34-17-15-33(16-18-34)25-12-9-8-11-24(25)31/h8-9,11-12,19H,4-7,10,13-18H2,1-3H3/b26-19-. The maximum absolute atomic E-state index is 14.5. The molecule has 0 aliphatic carbocycles. The summed E-state index contributed by atoms with van der Waals surface area (Å²) in [6, 6.07) is 8.84. The Morgan fingerprint density at radius 3 is 2.38 bits per heavy atom. The Bertz CT molecular complexity index is 1410. The first-order valence-corrected chi connectivity index (χ1v) is 15.2. The number of anilines is 2. The van der Waals surface area contributed by atoms with Crippen LogP contribution in [0.2, 0.25) is 0 Å². The molecule has 2 fully saturated rings. The predicted octanol–water partition coefficient (Wildman–Crippen LogP) is 5.69. The summed E-state index contributed by atoms with van der Waals surface area (Å²) in [5.74, 6) is 0.309. The number of amides is 1. The Morgan fingerprint density at radius 2 is 1.73 bits per heavy atom. The van der Waals surface area contributed by atoms with Gasteiger partial charge in [0.1, 0.15) is 27.6 Å². The summed E-state index contributed by atoms with van der Waals surface area (Å²) >= 11 is 6.83. The lowest BCUT2D eigenvalue weighted by molar-refractivity contribution is -0.122. The lowest BCUT2D eigenvalue weighted by atomic mass is 10.0. The Hall–Kier alpha value is -3.16. The molecule has 1 amide bonds. The average molecular weight is 582 g/mol. The maximum Gasteiger partial charge on any atom is 0.270 e. The van der Waals surface area contributed by atoms with E-state index in [2.05, 4.69) is 17.9 Å². The average Bonchev–Trinajstić information content (AvgIpc) is 3.22. The SMILES string of the molecule is CCCCCCN1C(=O)/C(=C/c2c(C)c(C#N)c(=O)n(CCC)c2N2CCN(c3ccccc3F)CC2)SC1=S. The lowest BCUT2D eigenvalue weighted by Gasteiger charge is -2.39. The molecule has 40 heavy (non-hydrogen) atoms. The molecular formula is C30H36FN5O2S2. The van der Waals surface area contributed by atoms with E-state index in [1.807, 2.05) is 24.0 Å². The Labute approximate surface area is 245 Å². The number of hydrogen-bond acceptors (Lipinski definition) is 7. The van der Waals surface area contributed by atoms with Gasteiger partial charge in [-0.25, -0.2) is 4.39 Å². The Morgan fingerprint density at radius 1 is 1.02 bits per heavy atom. The zero-order valence-electron chi connectivity index (χ0n) is 23.4. The van der Waals surface area contributed by atoms with Crippen LogP contribution in [0.25, 0.3) is 6.08 Å². The largest absolute Gasteiger partial charge is 0.366 e. The fraction of sp³-hybridized carbons (Fsp3) is 0.467. The Kier molecular flexibility index (Phi) is 10.0. The van der Waals surface area contributed by atoms with E-state index in [0.717, 1.165) is 25.7 Å². The van der Waals surface area contributed by atoms with Gasteiger partial charge < -0.3 is 9.80 Å². The molecule has 0 spiro atoms.